The Kier molecular flexibility index (Phi) is 6.27. The van der Waals surface area contributed by atoms with Crippen molar-refractivity contribution >= 4 is 11.8 Å². The molecule has 0 saturated carbocycles. The highest BCUT2D eigenvalue weighted by Crippen LogP contribution is 2.23. The van der Waals surface area contributed by atoms with Crippen LogP contribution < -0.4 is 5.32 Å². The Morgan fingerprint density at radius 2 is 1.93 bits per heavy atom. The van der Waals surface area contributed by atoms with E-state index in [9.17, 15) is 14.0 Å². The maximum Gasteiger partial charge on any atom is 0.223 e. The summed E-state index contributed by atoms with van der Waals surface area (Å²) in [7, 11) is 0. The van der Waals surface area contributed by atoms with E-state index in [1.165, 1.54) is 12.1 Å². The molecule has 27 heavy (non-hydrogen) atoms. The van der Waals surface area contributed by atoms with Crippen LogP contribution in [0.4, 0.5) is 4.39 Å². The molecule has 1 aliphatic rings. The Morgan fingerprint density at radius 3 is 2.56 bits per heavy atom. The average molecular weight is 372 g/mol. The van der Waals surface area contributed by atoms with Crippen LogP contribution in [0.25, 0.3) is 0 Å². The van der Waals surface area contributed by atoms with Crippen molar-refractivity contribution in [3.8, 4) is 0 Å². The van der Waals surface area contributed by atoms with Crippen molar-refractivity contribution in [2.75, 3.05) is 13.1 Å². The second-order valence-electron chi connectivity index (χ2n) is 7.11. The van der Waals surface area contributed by atoms with Crippen molar-refractivity contribution in [2.24, 2.45) is 5.92 Å². The molecule has 1 aliphatic heterocycles. The first kappa shape index (κ1) is 19.1. The van der Waals surface area contributed by atoms with Gasteiger partial charge in [-0.3, -0.25) is 9.59 Å². The smallest absolute Gasteiger partial charge is 0.223 e. The molecule has 1 unspecified atom stereocenters. The number of hydrogen-bond acceptors (Lipinski definition) is 3. The minimum atomic E-state index is -0.273. The molecule has 0 bridgehead atoms. The van der Waals surface area contributed by atoms with Gasteiger partial charge in [0.05, 0.1) is 12.8 Å². The topological polar surface area (TPSA) is 62.6 Å². The number of carbonyl (C=O) groups excluding carboxylic acids is 2. The lowest BCUT2D eigenvalue weighted by atomic mass is 9.93. The lowest BCUT2D eigenvalue weighted by Gasteiger charge is -2.32. The van der Waals surface area contributed by atoms with Crippen molar-refractivity contribution < 1.29 is 18.4 Å². The van der Waals surface area contributed by atoms with E-state index < -0.39 is 0 Å². The molecule has 5 nitrogen and oxygen atoms in total. The zero-order valence-corrected chi connectivity index (χ0v) is 15.5. The summed E-state index contributed by atoms with van der Waals surface area (Å²) in [6, 6.07) is 9.90. The third-order valence-corrected chi connectivity index (χ3v) is 5.16. The third-order valence-electron chi connectivity index (χ3n) is 5.16. The molecule has 1 atom stereocenters. The SMILES string of the molecule is CC(CC(=O)N1CCC(C(=O)NCc2ccco2)CC1)c1ccc(F)cc1. The fourth-order valence-corrected chi connectivity index (χ4v) is 3.42. The van der Waals surface area contributed by atoms with Crippen LogP contribution in [0.15, 0.2) is 47.1 Å². The van der Waals surface area contributed by atoms with Crippen LogP contribution in [0, 0.1) is 11.7 Å². The predicted molar refractivity (Wildman–Crippen MR) is 99.3 cm³/mol. The molecule has 1 fully saturated rings. The number of likely N-dealkylation sites (tertiary alicyclic amines) is 1. The number of amides is 2. The Morgan fingerprint density at radius 1 is 1.22 bits per heavy atom. The zero-order valence-electron chi connectivity index (χ0n) is 15.5. The summed E-state index contributed by atoms with van der Waals surface area (Å²) >= 11 is 0. The van der Waals surface area contributed by atoms with Crippen molar-refractivity contribution in [1.29, 1.82) is 0 Å². The van der Waals surface area contributed by atoms with E-state index >= 15 is 0 Å². The van der Waals surface area contributed by atoms with Gasteiger partial charge in [0.1, 0.15) is 11.6 Å². The van der Waals surface area contributed by atoms with Gasteiger partial charge in [-0.1, -0.05) is 19.1 Å². The van der Waals surface area contributed by atoms with Crippen molar-refractivity contribution in [1.82, 2.24) is 10.2 Å². The van der Waals surface area contributed by atoms with Gasteiger partial charge in [-0.15, -0.1) is 0 Å². The van der Waals surface area contributed by atoms with Crippen molar-refractivity contribution in [3.63, 3.8) is 0 Å². The maximum absolute atomic E-state index is 13.0. The third kappa shape index (κ3) is 5.18. The van der Waals surface area contributed by atoms with Gasteiger partial charge in [0.2, 0.25) is 11.8 Å². The summed E-state index contributed by atoms with van der Waals surface area (Å²) in [4.78, 5) is 26.6. The van der Waals surface area contributed by atoms with Crippen LogP contribution >= 0.6 is 0 Å². The number of carbonyl (C=O) groups is 2. The highest BCUT2D eigenvalue weighted by atomic mass is 19.1. The number of rotatable bonds is 6. The monoisotopic (exact) mass is 372 g/mol. The van der Waals surface area contributed by atoms with Gasteiger partial charge >= 0.3 is 0 Å². The number of nitrogens with zero attached hydrogens (tertiary/aromatic N) is 1. The quantitative estimate of drug-likeness (QED) is 0.845. The number of furan rings is 1. The van der Waals surface area contributed by atoms with Crippen LogP contribution in [0.3, 0.4) is 0 Å². The molecule has 0 aliphatic carbocycles. The lowest BCUT2D eigenvalue weighted by molar-refractivity contribution is -0.136. The second-order valence-corrected chi connectivity index (χ2v) is 7.11. The molecule has 144 valence electrons. The molecule has 1 saturated heterocycles. The number of benzene rings is 1. The van der Waals surface area contributed by atoms with Crippen LogP contribution in [0.2, 0.25) is 0 Å². The van der Waals surface area contributed by atoms with Crippen LogP contribution in [0.1, 0.15) is 43.4 Å². The zero-order chi connectivity index (χ0) is 19.2. The van der Waals surface area contributed by atoms with Crippen LogP contribution in [0.5, 0.6) is 0 Å². The summed E-state index contributed by atoms with van der Waals surface area (Å²) < 4.78 is 18.2. The van der Waals surface area contributed by atoms with E-state index in [1.807, 2.05) is 17.9 Å². The fourth-order valence-electron chi connectivity index (χ4n) is 3.42. The molecule has 3 rings (SSSR count). The highest BCUT2D eigenvalue weighted by molar-refractivity contribution is 5.80. The van der Waals surface area contributed by atoms with Crippen LogP contribution in [-0.2, 0) is 16.1 Å². The fraction of sp³-hybridized carbons (Fsp3) is 0.429. The van der Waals surface area contributed by atoms with E-state index in [1.54, 1.807) is 24.5 Å². The van der Waals surface area contributed by atoms with E-state index in [0.29, 0.717) is 38.9 Å². The van der Waals surface area contributed by atoms with E-state index in [2.05, 4.69) is 5.32 Å². The van der Waals surface area contributed by atoms with Gasteiger partial charge in [-0.05, 0) is 48.6 Å². The molecule has 0 spiro atoms. The summed E-state index contributed by atoms with van der Waals surface area (Å²) in [5, 5.41) is 2.89. The minimum absolute atomic E-state index is 0.0122. The summed E-state index contributed by atoms with van der Waals surface area (Å²) in [6.45, 7) is 3.54. The predicted octanol–water partition coefficient (Wildman–Crippen LogP) is 3.47. The standard InChI is InChI=1S/C21H25FN2O3/c1-15(16-4-6-18(22)7-5-16)13-20(25)24-10-8-17(9-11-24)21(26)23-14-19-3-2-12-27-19/h2-7,12,15,17H,8-11,13-14H2,1H3,(H,23,26). The molecule has 2 aromatic rings. The van der Waals surface area contributed by atoms with Gasteiger partial charge in [0, 0.05) is 25.4 Å². The number of nitrogens with one attached hydrogen (secondary N) is 1. The number of halogens is 1. The number of piperidine rings is 1. The first-order valence-electron chi connectivity index (χ1n) is 9.36. The average Bonchev–Trinajstić information content (AvgIpc) is 3.20. The van der Waals surface area contributed by atoms with Gasteiger partial charge in [0.15, 0.2) is 0 Å². The summed E-state index contributed by atoms with van der Waals surface area (Å²) in [5.41, 5.74) is 0.955. The van der Waals surface area contributed by atoms with Gasteiger partial charge < -0.3 is 14.6 Å². The Balaban J connectivity index is 1.43. The second kappa shape index (κ2) is 8.84. The molecular weight excluding hydrogens is 347 g/mol. The van der Waals surface area contributed by atoms with Gasteiger partial charge in [-0.2, -0.15) is 0 Å². The van der Waals surface area contributed by atoms with Gasteiger partial charge in [0.25, 0.3) is 0 Å². The Labute approximate surface area is 158 Å². The highest BCUT2D eigenvalue weighted by Gasteiger charge is 2.28. The van der Waals surface area contributed by atoms with Crippen LogP contribution in [-0.4, -0.2) is 29.8 Å². The van der Waals surface area contributed by atoms with Crippen molar-refractivity contribution in [2.45, 2.75) is 38.6 Å². The Hall–Kier alpha value is -2.63. The van der Waals surface area contributed by atoms with E-state index in [-0.39, 0.29) is 29.5 Å². The molecule has 1 aromatic carbocycles. The Bertz CT molecular complexity index is 750. The maximum atomic E-state index is 13.0. The lowest BCUT2D eigenvalue weighted by Crippen LogP contribution is -2.43. The molecule has 2 heterocycles. The molecule has 1 N–H and O–H groups in total. The first-order valence-corrected chi connectivity index (χ1v) is 9.36. The normalized spacial score (nSPS) is 16.1. The summed E-state index contributed by atoms with van der Waals surface area (Å²) in [5.74, 6) is 0.515. The first-order chi connectivity index (χ1) is 13.0. The number of hydrogen-bond donors (Lipinski definition) is 1. The van der Waals surface area contributed by atoms with Gasteiger partial charge in [-0.25, -0.2) is 4.39 Å². The molecule has 1 aromatic heterocycles. The minimum Gasteiger partial charge on any atom is -0.467 e. The molecule has 2 amide bonds. The summed E-state index contributed by atoms with van der Waals surface area (Å²) in [6.07, 6.45) is 3.31. The molecule has 6 heteroatoms. The van der Waals surface area contributed by atoms with Crippen molar-refractivity contribution in [3.05, 3.63) is 59.8 Å². The van der Waals surface area contributed by atoms with E-state index in [4.69, 9.17) is 4.42 Å². The molecular formula is C21H25FN2O3. The van der Waals surface area contributed by atoms with E-state index in [0.717, 1.165) is 11.3 Å². The largest absolute Gasteiger partial charge is 0.467 e. The molecule has 0 radical (unpaired) electrons.